The summed E-state index contributed by atoms with van der Waals surface area (Å²) in [5.41, 5.74) is 0.805. The number of non-ortho nitro benzene ring substituents is 1. The Bertz CT molecular complexity index is 503. The van der Waals surface area contributed by atoms with Crippen LogP contribution in [0.1, 0.15) is 5.56 Å². The second kappa shape index (κ2) is 4.30. The van der Waals surface area contributed by atoms with E-state index in [1.165, 1.54) is 29.6 Å². The zero-order valence-corrected chi connectivity index (χ0v) is 8.09. The summed E-state index contributed by atoms with van der Waals surface area (Å²) >= 11 is 0. The minimum atomic E-state index is -0.446. The van der Waals surface area contributed by atoms with Gasteiger partial charge in [-0.3, -0.25) is 10.1 Å². The molecule has 0 unspecified atom stereocenters. The number of benzene rings is 1. The number of nitro groups is 1. The highest BCUT2D eigenvalue weighted by molar-refractivity contribution is 5.79. The predicted octanol–water partition coefficient (Wildman–Crippen LogP) is 1.07. The summed E-state index contributed by atoms with van der Waals surface area (Å²) in [4.78, 5) is 15.0. The van der Waals surface area contributed by atoms with Crippen molar-refractivity contribution in [1.82, 2.24) is 14.9 Å². The number of hydrogen-bond donors (Lipinski definition) is 0. The van der Waals surface area contributed by atoms with E-state index in [1.807, 2.05) is 0 Å². The Morgan fingerprint density at radius 3 is 2.69 bits per heavy atom. The van der Waals surface area contributed by atoms with Gasteiger partial charge >= 0.3 is 0 Å². The Hall–Kier alpha value is -2.57. The second-order valence-electron chi connectivity index (χ2n) is 2.91. The van der Waals surface area contributed by atoms with Crippen LogP contribution < -0.4 is 0 Å². The molecule has 0 spiro atoms. The first-order valence-electron chi connectivity index (χ1n) is 4.39. The average Bonchev–Trinajstić information content (AvgIpc) is 2.80. The molecule has 0 N–H and O–H groups in total. The van der Waals surface area contributed by atoms with Crippen molar-refractivity contribution in [1.29, 1.82) is 0 Å². The summed E-state index contributed by atoms with van der Waals surface area (Å²) in [6.07, 6.45) is 4.35. The van der Waals surface area contributed by atoms with E-state index in [1.54, 1.807) is 18.3 Å². The van der Waals surface area contributed by atoms with Crippen molar-refractivity contribution < 1.29 is 4.92 Å². The quantitative estimate of drug-likeness (QED) is 0.437. The Balaban J connectivity index is 2.14. The maximum absolute atomic E-state index is 10.4. The van der Waals surface area contributed by atoms with Crippen molar-refractivity contribution in [3.63, 3.8) is 0 Å². The van der Waals surface area contributed by atoms with Gasteiger partial charge in [0.05, 0.1) is 11.1 Å². The van der Waals surface area contributed by atoms with Gasteiger partial charge in [-0.2, -0.15) is 5.10 Å². The first-order valence-corrected chi connectivity index (χ1v) is 4.39. The van der Waals surface area contributed by atoms with Crippen molar-refractivity contribution in [2.45, 2.75) is 0 Å². The zero-order chi connectivity index (χ0) is 11.4. The monoisotopic (exact) mass is 217 g/mol. The van der Waals surface area contributed by atoms with Crippen molar-refractivity contribution in [2.75, 3.05) is 0 Å². The normalized spacial score (nSPS) is 10.8. The summed E-state index contributed by atoms with van der Waals surface area (Å²) in [5.74, 6) is 0. The smallest absolute Gasteiger partial charge is 0.258 e. The lowest BCUT2D eigenvalue weighted by Crippen LogP contribution is -1.91. The highest BCUT2D eigenvalue weighted by Gasteiger charge is 2.02. The van der Waals surface area contributed by atoms with Crippen LogP contribution in [0.3, 0.4) is 0 Å². The van der Waals surface area contributed by atoms with Crippen LogP contribution in [0.15, 0.2) is 42.0 Å². The number of nitro benzene ring substituents is 1. The molecule has 0 saturated heterocycles. The van der Waals surface area contributed by atoms with Crippen LogP contribution in [0.25, 0.3) is 0 Å². The minimum absolute atomic E-state index is 0.0536. The van der Waals surface area contributed by atoms with Crippen LogP contribution in [-0.2, 0) is 0 Å². The summed E-state index contributed by atoms with van der Waals surface area (Å²) < 4.78 is 0. The Kier molecular flexibility index (Phi) is 2.68. The van der Waals surface area contributed by atoms with Gasteiger partial charge in [-0.15, -0.1) is 9.89 Å². The Morgan fingerprint density at radius 1 is 1.38 bits per heavy atom. The topological polar surface area (TPSA) is 86.2 Å². The van der Waals surface area contributed by atoms with Crippen molar-refractivity contribution in [3.8, 4) is 0 Å². The standard InChI is InChI=1S/C9H7N5O2/c15-14(16)9-3-1-8(2-4-9)5-11-13-7-10-6-12-13/h1-7H. The van der Waals surface area contributed by atoms with E-state index in [0.717, 1.165) is 5.56 Å². The molecule has 0 bridgehead atoms. The highest BCUT2D eigenvalue weighted by Crippen LogP contribution is 2.10. The van der Waals surface area contributed by atoms with Gasteiger partial charge in [-0.1, -0.05) is 0 Å². The largest absolute Gasteiger partial charge is 0.269 e. The Morgan fingerprint density at radius 2 is 2.12 bits per heavy atom. The second-order valence-corrected chi connectivity index (χ2v) is 2.91. The Labute approximate surface area is 90.2 Å². The first-order chi connectivity index (χ1) is 7.75. The lowest BCUT2D eigenvalue weighted by Gasteiger charge is -1.93. The molecule has 0 atom stereocenters. The number of rotatable bonds is 3. The third-order valence-corrected chi connectivity index (χ3v) is 1.84. The molecule has 16 heavy (non-hydrogen) atoms. The van der Waals surface area contributed by atoms with Crippen LogP contribution in [0, 0.1) is 10.1 Å². The fraction of sp³-hybridized carbons (Fsp3) is 0. The van der Waals surface area contributed by atoms with Gasteiger partial charge in [-0.05, 0) is 17.7 Å². The molecule has 0 aliphatic heterocycles. The van der Waals surface area contributed by atoms with Gasteiger partial charge in [0.25, 0.3) is 5.69 Å². The molecule has 0 radical (unpaired) electrons. The molecule has 1 aromatic heterocycles. The molecule has 0 fully saturated rings. The number of nitrogens with zero attached hydrogens (tertiary/aromatic N) is 5. The van der Waals surface area contributed by atoms with E-state index in [2.05, 4.69) is 15.2 Å². The number of hydrogen-bond acceptors (Lipinski definition) is 5. The van der Waals surface area contributed by atoms with Crippen molar-refractivity contribution in [3.05, 3.63) is 52.6 Å². The maximum atomic E-state index is 10.4. The van der Waals surface area contributed by atoms with Gasteiger partial charge in [0, 0.05) is 12.1 Å². The molecule has 0 aliphatic rings. The SMILES string of the molecule is O=[N+]([O-])c1ccc(C=Nn2cncn2)cc1. The molecular formula is C9H7N5O2. The molecule has 80 valence electrons. The van der Waals surface area contributed by atoms with Gasteiger partial charge in [0.15, 0.2) is 0 Å². The number of aromatic nitrogens is 3. The van der Waals surface area contributed by atoms with E-state index >= 15 is 0 Å². The highest BCUT2D eigenvalue weighted by atomic mass is 16.6. The average molecular weight is 217 g/mol. The van der Waals surface area contributed by atoms with E-state index < -0.39 is 4.92 Å². The summed E-state index contributed by atoms with van der Waals surface area (Å²) in [6.45, 7) is 0. The lowest BCUT2D eigenvalue weighted by molar-refractivity contribution is -0.384. The van der Waals surface area contributed by atoms with Crippen LogP contribution in [0.2, 0.25) is 0 Å². The summed E-state index contributed by atoms with van der Waals surface area (Å²) in [5, 5.41) is 18.1. The van der Waals surface area contributed by atoms with Crippen LogP contribution in [0.5, 0.6) is 0 Å². The molecule has 2 rings (SSSR count). The third-order valence-electron chi connectivity index (χ3n) is 1.84. The predicted molar refractivity (Wildman–Crippen MR) is 56.1 cm³/mol. The van der Waals surface area contributed by atoms with Gasteiger partial charge < -0.3 is 0 Å². The molecule has 0 aliphatic carbocycles. The molecule has 0 amide bonds. The van der Waals surface area contributed by atoms with Crippen molar-refractivity contribution in [2.24, 2.45) is 5.10 Å². The fourth-order valence-electron chi connectivity index (χ4n) is 1.07. The first kappa shape index (κ1) is 9.97. The van der Waals surface area contributed by atoms with E-state index in [-0.39, 0.29) is 5.69 Å². The zero-order valence-electron chi connectivity index (χ0n) is 8.09. The molecular weight excluding hydrogens is 210 g/mol. The van der Waals surface area contributed by atoms with E-state index in [4.69, 9.17) is 0 Å². The van der Waals surface area contributed by atoms with Gasteiger partial charge in [0.1, 0.15) is 12.7 Å². The van der Waals surface area contributed by atoms with Crippen LogP contribution in [-0.4, -0.2) is 26.0 Å². The molecule has 2 aromatic rings. The molecule has 7 nitrogen and oxygen atoms in total. The van der Waals surface area contributed by atoms with Crippen molar-refractivity contribution >= 4 is 11.9 Å². The third kappa shape index (κ3) is 2.27. The van der Waals surface area contributed by atoms with Crippen LogP contribution >= 0.6 is 0 Å². The fourth-order valence-corrected chi connectivity index (χ4v) is 1.07. The van der Waals surface area contributed by atoms with Gasteiger partial charge in [0.2, 0.25) is 0 Å². The maximum Gasteiger partial charge on any atom is 0.269 e. The minimum Gasteiger partial charge on any atom is -0.258 e. The molecule has 1 aromatic carbocycles. The molecule has 1 heterocycles. The van der Waals surface area contributed by atoms with Gasteiger partial charge in [-0.25, -0.2) is 4.98 Å². The summed E-state index contributed by atoms with van der Waals surface area (Å²) in [6, 6.07) is 6.06. The molecule has 0 saturated carbocycles. The van der Waals surface area contributed by atoms with E-state index in [0.29, 0.717) is 0 Å². The summed E-state index contributed by atoms with van der Waals surface area (Å²) in [7, 11) is 0. The van der Waals surface area contributed by atoms with E-state index in [9.17, 15) is 10.1 Å². The lowest BCUT2D eigenvalue weighted by atomic mass is 10.2. The van der Waals surface area contributed by atoms with Crippen LogP contribution in [0.4, 0.5) is 5.69 Å². The molecule has 7 heteroatoms.